The average Bonchev–Trinajstić information content (AvgIpc) is 2.60. The Morgan fingerprint density at radius 3 is 2.54 bits per heavy atom. The molecule has 0 bridgehead atoms. The molecule has 3 aliphatic rings. The number of rotatable bonds is 5. The minimum Gasteiger partial charge on any atom is -0.393 e. The van der Waals surface area contributed by atoms with Gasteiger partial charge in [-0.15, -0.1) is 0 Å². The molecule has 3 fully saturated rings. The summed E-state index contributed by atoms with van der Waals surface area (Å²) in [7, 11) is 0. The standard InChI is InChI=1S/C19H27F3O4/c20-19(21,22)11-26-18-9-8-16(24)13(14(18)10-17(18)25)6-7-15(23)12-4-2-1-3-5-12/h6-7,12-16,23-24H,1-5,8-11H2/t13-,14-,15+,16-,18-/m0/s1. The van der Waals surface area contributed by atoms with Crippen molar-refractivity contribution in [3.8, 4) is 0 Å². The maximum Gasteiger partial charge on any atom is 0.411 e. The summed E-state index contributed by atoms with van der Waals surface area (Å²) >= 11 is 0. The summed E-state index contributed by atoms with van der Waals surface area (Å²) in [4.78, 5) is 12.1. The zero-order valence-corrected chi connectivity index (χ0v) is 14.8. The van der Waals surface area contributed by atoms with E-state index in [1.807, 2.05) is 0 Å². The first-order valence-electron chi connectivity index (χ1n) is 9.51. The number of aliphatic hydroxyl groups excluding tert-OH is 2. The molecule has 148 valence electrons. The lowest BCUT2D eigenvalue weighted by Gasteiger charge is -2.54. The molecule has 0 aliphatic heterocycles. The van der Waals surface area contributed by atoms with Gasteiger partial charge in [-0.3, -0.25) is 4.79 Å². The number of alkyl halides is 3. The molecule has 5 atom stereocenters. The quantitative estimate of drug-likeness (QED) is 0.724. The van der Waals surface area contributed by atoms with Crippen LogP contribution in [-0.2, 0) is 9.53 Å². The number of ketones is 1. The van der Waals surface area contributed by atoms with Gasteiger partial charge in [0, 0.05) is 18.3 Å². The third-order valence-corrected chi connectivity index (χ3v) is 6.35. The summed E-state index contributed by atoms with van der Waals surface area (Å²) in [5, 5.41) is 20.7. The molecule has 0 aromatic rings. The molecule has 4 nitrogen and oxygen atoms in total. The molecule has 3 saturated carbocycles. The van der Waals surface area contributed by atoms with Crippen LogP contribution in [0.4, 0.5) is 13.2 Å². The Hall–Kier alpha value is -0.920. The van der Waals surface area contributed by atoms with Crippen LogP contribution in [0.5, 0.6) is 0 Å². The maximum absolute atomic E-state index is 12.6. The topological polar surface area (TPSA) is 66.8 Å². The third kappa shape index (κ3) is 3.99. The summed E-state index contributed by atoms with van der Waals surface area (Å²) < 4.78 is 42.7. The molecule has 0 heterocycles. The summed E-state index contributed by atoms with van der Waals surface area (Å²) in [6, 6.07) is 0. The fraction of sp³-hybridized carbons (Fsp3) is 0.842. The Balaban J connectivity index is 1.68. The van der Waals surface area contributed by atoms with Gasteiger partial charge in [0.2, 0.25) is 0 Å². The smallest absolute Gasteiger partial charge is 0.393 e. The number of halogens is 3. The Labute approximate surface area is 151 Å². The van der Waals surface area contributed by atoms with Gasteiger partial charge in [0.05, 0.1) is 12.2 Å². The summed E-state index contributed by atoms with van der Waals surface area (Å²) in [5.74, 6) is -1.05. The van der Waals surface area contributed by atoms with Crippen molar-refractivity contribution in [3.63, 3.8) is 0 Å². The fourth-order valence-electron chi connectivity index (χ4n) is 4.82. The molecule has 0 unspecified atom stereocenters. The lowest BCUT2D eigenvalue weighted by Crippen LogP contribution is -2.65. The Morgan fingerprint density at radius 2 is 1.92 bits per heavy atom. The number of aliphatic hydroxyl groups is 2. The highest BCUT2D eigenvalue weighted by Crippen LogP contribution is 2.52. The van der Waals surface area contributed by atoms with E-state index in [4.69, 9.17) is 4.74 Å². The van der Waals surface area contributed by atoms with Crippen molar-refractivity contribution in [2.45, 2.75) is 75.4 Å². The van der Waals surface area contributed by atoms with Gasteiger partial charge < -0.3 is 14.9 Å². The molecule has 0 saturated heterocycles. The highest BCUT2D eigenvalue weighted by molar-refractivity contribution is 5.94. The Bertz CT molecular complexity index is 541. The van der Waals surface area contributed by atoms with E-state index in [0.29, 0.717) is 0 Å². The molecule has 0 aromatic heterocycles. The number of Topliss-reactive ketones (excluding diaryl/α,β-unsaturated/α-hetero) is 1. The summed E-state index contributed by atoms with van der Waals surface area (Å²) in [6.07, 6.45) is 3.24. The van der Waals surface area contributed by atoms with Crippen molar-refractivity contribution < 1.29 is 32.9 Å². The second-order valence-corrected chi connectivity index (χ2v) is 7.98. The zero-order chi connectivity index (χ0) is 18.9. The van der Waals surface area contributed by atoms with E-state index in [9.17, 15) is 28.2 Å². The van der Waals surface area contributed by atoms with E-state index in [0.717, 1.165) is 25.7 Å². The predicted molar refractivity (Wildman–Crippen MR) is 88.3 cm³/mol. The molecule has 3 aliphatic carbocycles. The van der Waals surface area contributed by atoms with E-state index < -0.39 is 42.4 Å². The number of fused-ring (bicyclic) bond motifs is 1. The lowest BCUT2D eigenvalue weighted by molar-refractivity contribution is -0.243. The lowest BCUT2D eigenvalue weighted by atomic mass is 9.55. The van der Waals surface area contributed by atoms with Crippen molar-refractivity contribution in [1.29, 1.82) is 0 Å². The summed E-state index contributed by atoms with van der Waals surface area (Å²) in [6.45, 7) is -1.45. The van der Waals surface area contributed by atoms with E-state index >= 15 is 0 Å². The van der Waals surface area contributed by atoms with E-state index in [2.05, 4.69) is 0 Å². The van der Waals surface area contributed by atoms with Gasteiger partial charge >= 0.3 is 6.18 Å². The van der Waals surface area contributed by atoms with Gasteiger partial charge in [0.15, 0.2) is 5.78 Å². The van der Waals surface area contributed by atoms with Crippen LogP contribution in [0.15, 0.2) is 12.2 Å². The molecule has 0 spiro atoms. The van der Waals surface area contributed by atoms with Crippen LogP contribution in [0, 0.1) is 17.8 Å². The number of hydrogen-bond acceptors (Lipinski definition) is 4. The van der Waals surface area contributed by atoms with Crippen LogP contribution in [0.2, 0.25) is 0 Å². The van der Waals surface area contributed by atoms with Crippen LogP contribution in [0.25, 0.3) is 0 Å². The largest absolute Gasteiger partial charge is 0.411 e. The Kier molecular flexibility index (Phi) is 5.80. The second-order valence-electron chi connectivity index (χ2n) is 7.98. The highest BCUT2D eigenvalue weighted by Gasteiger charge is 2.62. The van der Waals surface area contributed by atoms with Crippen molar-refractivity contribution in [2.75, 3.05) is 6.61 Å². The van der Waals surface area contributed by atoms with Gasteiger partial charge in [-0.05, 0) is 31.6 Å². The van der Waals surface area contributed by atoms with Crippen LogP contribution in [0.1, 0.15) is 51.4 Å². The van der Waals surface area contributed by atoms with Crippen LogP contribution in [0.3, 0.4) is 0 Å². The molecule has 26 heavy (non-hydrogen) atoms. The van der Waals surface area contributed by atoms with Crippen LogP contribution in [-0.4, -0.2) is 46.6 Å². The van der Waals surface area contributed by atoms with Crippen molar-refractivity contribution >= 4 is 5.78 Å². The third-order valence-electron chi connectivity index (χ3n) is 6.35. The van der Waals surface area contributed by atoms with Crippen LogP contribution < -0.4 is 0 Å². The molecular weight excluding hydrogens is 349 g/mol. The number of carbonyl (C=O) groups excluding carboxylic acids is 1. The molecule has 0 radical (unpaired) electrons. The predicted octanol–water partition coefficient (Wildman–Crippen LogP) is 3.16. The fourth-order valence-corrected chi connectivity index (χ4v) is 4.82. The van der Waals surface area contributed by atoms with E-state index in [1.54, 1.807) is 12.2 Å². The van der Waals surface area contributed by atoms with Gasteiger partial charge in [0.25, 0.3) is 0 Å². The molecule has 7 heteroatoms. The Morgan fingerprint density at radius 1 is 1.23 bits per heavy atom. The SMILES string of the molecule is O=C1C[C@H]2[C@H](C=C[C@@H](O)C3CCCCC3)[C@@H](O)CC[C@@]12OCC(F)(F)F. The van der Waals surface area contributed by atoms with Gasteiger partial charge in [0.1, 0.15) is 12.2 Å². The van der Waals surface area contributed by atoms with E-state index in [-0.39, 0.29) is 31.0 Å². The van der Waals surface area contributed by atoms with Gasteiger partial charge in [-0.25, -0.2) is 0 Å². The number of ether oxygens (including phenoxy) is 1. The van der Waals surface area contributed by atoms with Crippen LogP contribution >= 0.6 is 0 Å². The highest BCUT2D eigenvalue weighted by atomic mass is 19.4. The molecular formula is C19H27F3O4. The first kappa shape index (κ1) is 19.8. The van der Waals surface area contributed by atoms with Crippen molar-refractivity contribution in [2.24, 2.45) is 17.8 Å². The second kappa shape index (κ2) is 7.60. The normalized spacial score (nSPS) is 37.4. The zero-order valence-electron chi connectivity index (χ0n) is 14.8. The van der Waals surface area contributed by atoms with Gasteiger partial charge in [-0.1, -0.05) is 31.4 Å². The number of hydrogen-bond donors (Lipinski definition) is 2. The first-order chi connectivity index (χ1) is 12.2. The minimum atomic E-state index is -4.49. The molecule has 0 amide bonds. The first-order valence-corrected chi connectivity index (χ1v) is 9.51. The van der Waals surface area contributed by atoms with Crippen molar-refractivity contribution in [3.05, 3.63) is 12.2 Å². The van der Waals surface area contributed by atoms with E-state index in [1.165, 1.54) is 6.42 Å². The number of carbonyl (C=O) groups is 1. The van der Waals surface area contributed by atoms with Gasteiger partial charge in [-0.2, -0.15) is 13.2 Å². The molecule has 0 aromatic carbocycles. The molecule has 3 rings (SSSR count). The molecule has 2 N–H and O–H groups in total. The van der Waals surface area contributed by atoms with Crippen molar-refractivity contribution in [1.82, 2.24) is 0 Å². The maximum atomic E-state index is 12.6. The summed E-state index contributed by atoms with van der Waals surface area (Å²) in [5.41, 5.74) is -1.43. The average molecular weight is 376 g/mol. The minimum absolute atomic E-state index is 0.114. The monoisotopic (exact) mass is 376 g/mol.